The van der Waals surface area contributed by atoms with E-state index in [1.807, 2.05) is 4.90 Å². The highest BCUT2D eigenvalue weighted by molar-refractivity contribution is 5.87. The Bertz CT molecular complexity index is 514. The third kappa shape index (κ3) is 4.95. The number of rotatable bonds is 7. The van der Waals surface area contributed by atoms with E-state index in [-0.39, 0.29) is 23.8 Å². The molecule has 140 valence electrons. The Balaban J connectivity index is 1.45. The van der Waals surface area contributed by atoms with Crippen LogP contribution in [0.3, 0.4) is 0 Å². The number of nitrogens with zero attached hydrogens (tertiary/aromatic N) is 1. The van der Waals surface area contributed by atoms with Gasteiger partial charge in [0.05, 0.1) is 0 Å². The maximum absolute atomic E-state index is 12.6. The van der Waals surface area contributed by atoms with Gasteiger partial charge < -0.3 is 15.5 Å². The van der Waals surface area contributed by atoms with Crippen molar-refractivity contribution in [2.24, 2.45) is 11.8 Å². The number of hydrogen-bond donors (Lipinski definition) is 2. The second-order valence-corrected chi connectivity index (χ2v) is 8.12. The molecule has 0 aromatic rings. The number of likely N-dealkylation sites (tertiary alicyclic amines) is 1. The van der Waals surface area contributed by atoms with Crippen molar-refractivity contribution in [3.8, 4) is 0 Å². The first-order valence-electron chi connectivity index (χ1n) is 9.86. The Morgan fingerprint density at radius 3 is 2.28 bits per heavy atom. The highest BCUT2D eigenvalue weighted by Crippen LogP contribution is 2.31. The van der Waals surface area contributed by atoms with Crippen molar-refractivity contribution in [2.45, 2.75) is 76.8 Å². The summed E-state index contributed by atoms with van der Waals surface area (Å²) in [5.41, 5.74) is 0. The molecule has 0 aromatic heterocycles. The quantitative estimate of drug-likeness (QED) is 0.733. The van der Waals surface area contributed by atoms with Crippen LogP contribution >= 0.6 is 0 Å². The maximum atomic E-state index is 12.6. The Morgan fingerprint density at radius 1 is 1.04 bits per heavy atom. The SMILES string of the molecule is CC(=O)N[C@H](CC1CCC1)C(=O)NC1CCN(C(=O)CC2CCC2)C1. The lowest BCUT2D eigenvalue weighted by molar-refractivity contribution is -0.132. The standard InChI is InChI=1S/C19H31N3O3/c1-13(23)20-17(10-14-4-2-5-14)19(25)21-16-8-9-22(12-16)18(24)11-15-6-3-7-15/h14-17H,2-12H2,1H3,(H,20,23)(H,21,25)/t16?,17-/m1/s1. The number of nitrogens with one attached hydrogen (secondary N) is 2. The molecule has 0 spiro atoms. The molecular formula is C19H31N3O3. The molecule has 3 aliphatic rings. The molecule has 25 heavy (non-hydrogen) atoms. The van der Waals surface area contributed by atoms with E-state index < -0.39 is 6.04 Å². The zero-order chi connectivity index (χ0) is 17.8. The molecule has 3 fully saturated rings. The normalized spacial score (nSPS) is 25.0. The first-order valence-corrected chi connectivity index (χ1v) is 9.86. The van der Waals surface area contributed by atoms with Crippen LogP contribution < -0.4 is 10.6 Å². The molecule has 1 saturated heterocycles. The summed E-state index contributed by atoms with van der Waals surface area (Å²) >= 11 is 0. The summed E-state index contributed by atoms with van der Waals surface area (Å²) in [5.74, 6) is 1.09. The number of amides is 3. The monoisotopic (exact) mass is 349 g/mol. The maximum Gasteiger partial charge on any atom is 0.242 e. The van der Waals surface area contributed by atoms with Crippen molar-refractivity contribution in [3.05, 3.63) is 0 Å². The molecule has 2 atom stereocenters. The van der Waals surface area contributed by atoms with Crippen molar-refractivity contribution in [1.82, 2.24) is 15.5 Å². The topological polar surface area (TPSA) is 78.5 Å². The van der Waals surface area contributed by atoms with Gasteiger partial charge >= 0.3 is 0 Å². The van der Waals surface area contributed by atoms with Crippen molar-refractivity contribution in [3.63, 3.8) is 0 Å². The molecule has 0 aromatic carbocycles. The Morgan fingerprint density at radius 2 is 1.72 bits per heavy atom. The van der Waals surface area contributed by atoms with E-state index in [0.29, 0.717) is 24.8 Å². The van der Waals surface area contributed by atoms with Crippen LogP contribution in [-0.4, -0.2) is 47.8 Å². The van der Waals surface area contributed by atoms with E-state index in [1.54, 1.807) is 0 Å². The minimum atomic E-state index is -0.442. The Kier molecular flexibility index (Phi) is 5.97. The zero-order valence-electron chi connectivity index (χ0n) is 15.3. The van der Waals surface area contributed by atoms with Gasteiger partial charge in [0.2, 0.25) is 17.7 Å². The van der Waals surface area contributed by atoms with E-state index in [0.717, 1.165) is 32.2 Å². The molecular weight excluding hydrogens is 318 g/mol. The molecule has 2 N–H and O–H groups in total. The van der Waals surface area contributed by atoms with Gasteiger partial charge in [-0.1, -0.05) is 25.7 Å². The van der Waals surface area contributed by atoms with Crippen molar-refractivity contribution in [2.75, 3.05) is 13.1 Å². The second kappa shape index (κ2) is 8.19. The van der Waals surface area contributed by atoms with Crippen molar-refractivity contribution >= 4 is 17.7 Å². The van der Waals surface area contributed by atoms with E-state index in [1.165, 1.54) is 32.6 Å². The molecule has 2 saturated carbocycles. The van der Waals surface area contributed by atoms with E-state index in [4.69, 9.17) is 0 Å². The third-order valence-corrected chi connectivity index (χ3v) is 6.06. The molecule has 1 unspecified atom stereocenters. The van der Waals surface area contributed by atoms with Gasteiger partial charge in [-0.05, 0) is 37.5 Å². The zero-order valence-corrected chi connectivity index (χ0v) is 15.3. The number of carbonyl (C=O) groups is 3. The van der Waals surface area contributed by atoms with Gasteiger partial charge in [-0.3, -0.25) is 14.4 Å². The summed E-state index contributed by atoms with van der Waals surface area (Å²) in [7, 11) is 0. The average molecular weight is 349 g/mol. The molecule has 3 rings (SSSR count). The van der Waals surface area contributed by atoms with E-state index >= 15 is 0 Å². The smallest absolute Gasteiger partial charge is 0.242 e. The molecule has 6 nitrogen and oxygen atoms in total. The molecule has 0 radical (unpaired) electrons. The minimum absolute atomic E-state index is 0.00971. The summed E-state index contributed by atoms with van der Waals surface area (Å²) in [6, 6.07) is -0.432. The van der Waals surface area contributed by atoms with Crippen LogP contribution in [0.1, 0.15) is 64.7 Å². The highest BCUT2D eigenvalue weighted by Gasteiger charge is 2.32. The molecule has 2 aliphatic carbocycles. The van der Waals surface area contributed by atoms with Gasteiger partial charge in [0.1, 0.15) is 6.04 Å². The summed E-state index contributed by atoms with van der Waals surface area (Å²) < 4.78 is 0. The van der Waals surface area contributed by atoms with Crippen molar-refractivity contribution < 1.29 is 14.4 Å². The molecule has 3 amide bonds. The largest absolute Gasteiger partial charge is 0.350 e. The van der Waals surface area contributed by atoms with E-state index in [2.05, 4.69) is 10.6 Å². The van der Waals surface area contributed by atoms with Gasteiger partial charge in [0.25, 0.3) is 0 Å². The van der Waals surface area contributed by atoms with Crippen LogP contribution in [0.15, 0.2) is 0 Å². The summed E-state index contributed by atoms with van der Waals surface area (Å²) in [4.78, 5) is 38.2. The first kappa shape index (κ1) is 18.2. The van der Waals surface area contributed by atoms with Gasteiger partial charge in [0, 0.05) is 32.5 Å². The third-order valence-electron chi connectivity index (χ3n) is 6.06. The van der Waals surface area contributed by atoms with Crippen LogP contribution in [0.5, 0.6) is 0 Å². The fraction of sp³-hybridized carbons (Fsp3) is 0.842. The number of carbonyl (C=O) groups excluding carboxylic acids is 3. The van der Waals surface area contributed by atoms with Crippen LogP contribution in [0.4, 0.5) is 0 Å². The molecule has 1 heterocycles. The lowest BCUT2D eigenvalue weighted by Crippen LogP contribution is -2.51. The van der Waals surface area contributed by atoms with Crippen molar-refractivity contribution in [1.29, 1.82) is 0 Å². The first-order chi connectivity index (χ1) is 12.0. The molecule has 1 aliphatic heterocycles. The fourth-order valence-corrected chi connectivity index (χ4v) is 4.02. The van der Waals surface area contributed by atoms with Gasteiger partial charge in [-0.25, -0.2) is 0 Å². The Labute approximate surface area is 150 Å². The van der Waals surface area contributed by atoms with Gasteiger partial charge in [-0.2, -0.15) is 0 Å². The minimum Gasteiger partial charge on any atom is -0.350 e. The van der Waals surface area contributed by atoms with Crippen LogP contribution in [0.2, 0.25) is 0 Å². The van der Waals surface area contributed by atoms with Crippen LogP contribution in [0, 0.1) is 11.8 Å². The summed E-state index contributed by atoms with van der Waals surface area (Å²) in [6.45, 7) is 2.79. The van der Waals surface area contributed by atoms with E-state index in [9.17, 15) is 14.4 Å². The lowest BCUT2D eigenvalue weighted by atomic mass is 9.80. The Hall–Kier alpha value is -1.59. The second-order valence-electron chi connectivity index (χ2n) is 8.12. The lowest BCUT2D eigenvalue weighted by Gasteiger charge is -2.30. The summed E-state index contributed by atoms with van der Waals surface area (Å²) in [5, 5.41) is 5.85. The number of hydrogen-bond acceptors (Lipinski definition) is 3. The van der Waals surface area contributed by atoms with Crippen LogP contribution in [0.25, 0.3) is 0 Å². The molecule has 0 bridgehead atoms. The van der Waals surface area contributed by atoms with Gasteiger partial charge in [-0.15, -0.1) is 0 Å². The van der Waals surface area contributed by atoms with Crippen LogP contribution in [-0.2, 0) is 14.4 Å². The molecule has 6 heteroatoms. The predicted octanol–water partition coefficient (Wildman–Crippen LogP) is 1.59. The average Bonchev–Trinajstić information content (AvgIpc) is 2.93. The predicted molar refractivity (Wildman–Crippen MR) is 94.6 cm³/mol. The highest BCUT2D eigenvalue weighted by atomic mass is 16.2. The fourth-order valence-electron chi connectivity index (χ4n) is 4.02. The summed E-state index contributed by atoms with van der Waals surface area (Å²) in [6.07, 6.45) is 9.32. The van der Waals surface area contributed by atoms with Gasteiger partial charge in [0.15, 0.2) is 0 Å².